The normalized spacial score (nSPS) is 27.4. The van der Waals surface area contributed by atoms with Gasteiger partial charge in [0.05, 0.1) is 17.9 Å². The third-order valence-corrected chi connectivity index (χ3v) is 6.16. The van der Waals surface area contributed by atoms with Gasteiger partial charge in [-0.3, -0.25) is 4.21 Å². The van der Waals surface area contributed by atoms with Gasteiger partial charge >= 0.3 is 0 Å². The highest BCUT2D eigenvalue weighted by atomic mass is 32.2. The Kier molecular flexibility index (Phi) is 5.61. The second kappa shape index (κ2) is 7.23. The van der Waals surface area contributed by atoms with Crippen LogP contribution in [0.1, 0.15) is 33.1 Å². The fourth-order valence-corrected chi connectivity index (χ4v) is 4.62. The SMILES string of the molecule is CCCNC1CCC(S(=O)c2ccc(OC)cc2)C1C. The Morgan fingerprint density at radius 2 is 2.00 bits per heavy atom. The van der Waals surface area contributed by atoms with Crippen molar-refractivity contribution in [3.8, 4) is 5.75 Å². The van der Waals surface area contributed by atoms with Crippen LogP contribution in [0.25, 0.3) is 0 Å². The molecule has 3 nitrogen and oxygen atoms in total. The van der Waals surface area contributed by atoms with Gasteiger partial charge < -0.3 is 10.1 Å². The van der Waals surface area contributed by atoms with Crippen molar-refractivity contribution in [1.29, 1.82) is 0 Å². The van der Waals surface area contributed by atoms with Crippen molar-refractivity contribution in [2.45, 2.75) is 49.3 Å². The maximum absolute atomic E-state index is 12.7. The molecule has 0 aliphatic heterocycles. The molecule has 20 heavy (non-hydrogen) atoms. The second-order valence-corrected chi connectivity index (χ2v) is 7.18. The largest absolute Gasteiger partial charge is 0.497 e. The second-order valence-electron chi connectivity index (χ2n) is 5.51. The van der Waals surface area contributed by atoms with Crippen LogP contribution in [-0.4, -0.2) is 29.2 Å². The van der Waals surface area contributed by atoms with Gasteiger partial charge in [-0.2, -0.15) is 0 Å². The van der Waals surface area contributed by atoms with Gasteiger partial charge in [-0.05, 0) is 56.0 Å². The minimum absolute atomic E-state index is 0.262. The number of rotatable bonds is 6. The van der Waals surface area contributed by atoms with Gasteiger partial charge in [0.15, 0.2) is 0 Å². The first-order valence-electron chi connectivity index (χ1n) is 7.45. The van der Waals surface area contributed by atoms with E-state index in [1.807, 2.05) is 24.3 Å². The third kappa shape index (κ3) is 3.41. The van der Waals surface area contributed by atoms with Crippen LogP contribution in [0.4, 0.5) is 0 Å². The molecule has 0 bridgehead atoms. The highest BCUT2D eigenvalue weighted by molar-refractivity contribution is 7.85. The zero-order valence-electron chi connectivity index (χ0n) is 12.6. The molecule has 0 amide bonds. The van der Waals surface area contributed by atoms with Crippen molar-refractivity contribution in [3.63, 3.8) is 0 Å². The summed E-state index contributed by atoms with van der Waals surface area (Å²) in [4.78, 5) is 0.916. The molecule has 0 spiro atoms. The Morgan fingerprint density at radius 1 is 1.30 bits per heavy atom. The summed E-state index contributed by atoms with van der Waals surface area (Å²) < 4.78 is 17.9. The monoisotopic (exact) mass is 295 g/mol. The molecule has 1 aliphatic rings. The van der Waals surface area contributed by atoms with E-state index in [9.17, 15) is 4.21 Å². The lowest BCUT2D eigenvalue weighted by atomic mass is 10.1. The first-order valence-corrected chi connectivity index (χ1v) is 8.66. The van der Waals surface area contributed by atoms with Crippen LogP contribution in [0.5, 0.6) is 5.75 Å². The molecule has 0 radical (unpaired) electrons. The van der Waals surface area contributed by atoms with Crippen molar-refractivity contribution < 1.29 is 8.95 Å². The summed E-state index contributed by atoms with van der Waals surface area (Å²) in [6, 6.07) is 8.14. The quantitative estimate of drug-likeness (QED) is 0.877. The summed E-state index contributed by atoms with van der Waals surface area (Å²) in [5, 5.41) is 3.84. The molecule has 1 aromatic carbocycles. The smallest absolute Gasteiger partial charge is 0.118 e. The van der Waals surface area contributed by atoms with E-state index in [1.165, 1.54) is 0 Å². The molecule has 4 heteroatoms. The molecule has 0 heterocycles. The number of nitrogens with one attached hydrogen (secondary N) is 1. The van der Waals surface area contributed by atoms with Crippen LogP contribution in [0, 0.1) is 5.92 Å². The van der Waals surface area contributed by atoms with Gasteiger partial charge in [-0.25, -0.2) is 0 Å². The topological polar surface area (TPSA) is 38.3 Å². The Morgan fingerprint density at radius 3 is 2.60 bits per heavy atom. The van der Waals surface area contributed by atoms with E-state index in [2.05, 4.69) is 19.2 Å². The summed E-state index contributed by atoms with van der Waals surface area (Å²) in [7, 11) is 0.727. The highest BCUT2D eigenvalue weighted by Gasteiger charge is 2.36. The molecule has 1 N–H and O–H groups in total. The average molecular weight is 295 g/mol. The Hall–Kier alpha value is -0.870. The van der Waals surface area contributed by atoms with Gasteiger partial charge in [0.2, 0.25) is 0 Å². The van der Waals surface area contributed by atoms with Crippen molar-refractivity contribution in [2.75, 3.05) is 13.7 Å². The summed E-state index contributed by atoms with van der Waals surface area (Å²) in [6.45, 7) is 5.46. The summed E-state index contributed by atoms with van der Waals surface area (Å²) in [5.41, 5.74) is 0. The number of methoxy groups -OCH3 is 1. The minimum atomic E-state index is -0.921. The van der Waals surface area contributed by atoms with Crippen LogP contribution in [-0.2, 0) is 10.8 Å². The van der Waals surface area contributed by atoms with Crippen LogP contribution in [0.15, 0.2) is 29.2 Å². The molecule has 2 rings (SSSR count). The number of hydrogen-bond acceptors (Lipinski definition) is 3. The molecule has 4 unspecified atom stereocenters. The third-order valence-electron chi connectivity index (χ3n) is 4.21. The zero-order chi connectivity index (χ0) is 14.5. The maximum Gasteiger partial charge on any atom is 0.118 e. The Labute approximate surface area is 124 Å². The molecular formula is C16H25NO2S. The van der Waals surface area contributed by atoms with Gasteiger partial charge in [0, 0.05) is 16.2 Å². The molecule has 1 saturated carbocycles. The summed E-state index contributed by atoms with van der Waals surface area (Å²) in [6.07, 6.45) is 3.32. The van der Waals surface area contributed by atoms with E-state index in [0.717, 1.165) is 36.5 Å². The van der Waals surface area contributed by atoms with E-state index in [-0.39, 0.29) is 5.25 Å². The van der Waals surface area contributed by atoms with Crippen LogP contribution in [0.2, 0.25) is 0 Å². The Bertz CT molecular complexity index is 446. The minimum Gasteiger partial charge on any atom is -0.497 e. The molecule has 4 atom stereocenters. The number of hydrogen-bond donors (Lipinski definition) is 1. The fraction of sp³-hybridized carbons (Fsp3) is 0.625. The highest BCUT2D eigenvalue weighted by Crippen LogP contribution is 2.32. The predicted octanol–water partition coefficient (Wildman–Crippen LogP) is 2.97. The number of ether oxygens (including phenoxy) is 1. The van der Waals surface area contributed by atoms with Gasteiger partial charge in [0.25, 0.3) is 0 Å². The lowest BCUT2D eigenvalue weighted by molar-refractivity contribution is 0.414. The van der Waals surface area contributed by atoms with Crippen molar-refractivity contribution >= 4 is 10.8 Å². The molecule has 1 aromatic rings. The fourth-order valence-electron chi connectivity index (χ4n) is 2.93. The lowest BCUT2D eigenvalue weighted by Crippen LogP contribution is -2.35. The van der Waals surface area contributed by atoms with Gasteiger partial charge in [-0.1, -0.05) is 13.8 Å². The molecule has 112 valence electrons. The van der Waals surface area contributed by atoms with E-state index < -0.39 is 10.8 Å². The van der Waals surface area contributed by atoms with E-state index in [0.29, 0.717) is 12.0 Å². The number of benzene rings is 1. The Balaban J connectivity index is 2.02. The first kappa shape index (κ1) is 15.5. The molecule has 1 fully saturated rings. The van der Waals surface area contributed by atoms with Crippen molar-refractivity contribution in [1.82, 2.24) is 5.32 Å². The van der Waals surface area contributed by atoms with Crippen LogP contribution < -0.4 is 10.1 Å². The molecule has 0 aromatic heterocycles. The van der Waals surface area contributed by atoms with Gasteiger partial charge in [-0.15, -0.1) is 0 Å². The summed E-state index contributed by atoms with van der Waals surface area (Å²) in [5.74, 6) is 1.28. The van der Waals surface area contributed by atoms with Crippen molar-refractivity contribution in [3.05, 3.63) is 24.3 Å². The summed E-state index contributed by atoms with van der Waals surface area (Å²) >= 11 is 0. The van der Waals surface area contributed by atoms with E-state index in [1.54, 1.807) is 7.11 Å². The molecule has 1 aliphatic carbocycles. The molecule has 0 saturated heterocycles. The molecular weight excluding hydrogens is 270 g/mol. The van der Waals surface area contributed by atoms with Gasteiger partial charge in [0.1, 0.15) is 5.75 Å². The van der Waals surface area contributed by atoms with Crippen LogP contribution >= 0.6 is 0 Å². The average Bonchev–Trinajstić information content (AvgIpc) is 2.85. The standard InChI is InChI=1S/C16H25NO2S/c1-4-11-17-15-9-10-16(12(15)2)20(18)14-7-5-13(19-3)6-8-14/h5-8,12,15-17H,4,9-11H2,1-3H3. The zero-order valence-corrected chi connectivity index (χ0v) is 13.4. The van der Waals surface area contributed by atoms with Crippen LogP contribution in [0.3, 0.4) is 0 Å². The lowest BCUT2D eigenvalue weighted by Gasteiger charge is -2.21. The van der Waals surface area contributed by atoms with Crippen molar-refractivity contribution in [2.24, 2.45) is 5.92 Å². The predicted molar refractivity (Wildman–Crippen MR) is 83.7 cm³/mol. The maximum atomic E-state index is 12.7. The van der Waals surface area contributed by atoms with E-state index in [4.69, 9.17) is 4.74 Å². The first-order chi connectivity index (χ1) is 9.67. The van der Waals surface area contributed by atoms with E-state index >= 15 is 0 Å².